The monoisotopic (exact) mass is 438 g/mol. The molecule has 5 rings (SSSR count). The maximum absolute atomic E-state index is 14.9. The molecule has 2 aliphatic heterocycles. The summed E-state index contributed by atoms with van der Waals surface area (Å²) in [6.45, 7) is 2.74. The summed E-state index contributed by atoms with van der Waals surface area (Å²) in [6.07, 6.45) is 3.18. The molecule has 2 fully saturated rings. The largest absolute Gasteiger partial charge is 0.373 e. The molecular weight excluding hydrogens is 407 g/mol. The van der Waals surface area contributed by atoms with Crippen LogP contribution in [0.3, 0.4) is 0 Å². The molecule has 2 bridgehead atoms. The Bertz CT molecular complexity index is 1140. The molecule has 6 nitrogen and oxygen atoms in total. The highest BCUT2D eigenvalue weighted by atomic mass is 19.1. The molecule has 7 heteroatoms. The zero-order valence-electron chi connectivity index (χ0n) is 18.8. The molecule has 2 unspecified atom stereocenters. The van der Waals surface area contributed by atoms with Crippen LogP contribution < -0.4 is 5.69 Å². The van der Waals surface area contributed by atoms with Gasteiger partial charge in [0.1, 0.15) is 12.0 Å². The summed E-state index contributed by atoms with van der Waals surface area (Å²) in [4.78, 5) is 14.4. The molecule has 2 aromatic carbocycles. The van der Waals surface area contributed by atoms with Crippen LogP contribution in [0.5, 0.6) is 0 Å². The molecule has 0 radical (unpaired) electrons. The molecule has 0 aliphatic carbocycles. The predicted octanol–water partition coefficient (Wildman–Crippen LogP) is 3.59. The quantitative estimate of drug-likeness (QED) is 0.566. The molecule has 3 aromatic rings. The van der Waals surface area contributed by atoms with Gasteiger partial charge in [0.05, 0.1) is 19.3 Å². The van der Waals surface area contributed by atoms with Crippen LogP contribution >= 0.6 is 0 Å². The van der Waals surface area contributed by atoms with Crippen molar-refractivity contribution in [3.05, 3.63) is 64.3 Å². The van der Waals surface area contributed by atoms with Gasteiger partial charge in [-0.05, 0) is 55.0 Å². The van der Waals surface area contributed by atoms with Gasteiger partial charge in [0.25, 0.3) is 0 Å². The SMILES string of the molecule is Cc1nn(C[C@H](F)CN2C3CCC2CC(OCc2ccc4ccccc4c2)C3)c(=O)n1C. The first-order chi connectivity index (χ1) is 15.5. The second-order valence-corrected chi connectivity index (χ2v) is 9.34. The number of ether oxygens (including phenoxy) is 1. The number of aromatic nitrogens is 3. The Morgan fingerprint density at radius 3 is 2.50 bits per heavy atom. The first kappa shape index (κ1) is 21.3. The first-order valence-electron chi connectivity index (χ1n) is 11.6. The number of fused-ring (bicyclic) bond motifs is 3. The van der Waals surface area contributed by atoms with Crippen LogP contribution in [0.15, 0.2) is 47.3 Å². The fourth-order valence-electron chi connectivity index (χ4n) is 5.39. The summed E-state index contributed by atoms with van der Waals surface area (Å²) < 4.78 is 23.9. The van der Waals surface area contributed by atoms with E-state index >= 15 is 0 Å². The van der Waals surface area contributed by atoms with Crippen molar-refractivity contribution in [2.24, 2.45) is 7.05 Å². The van der Waals surface area contributed by atoms with E-state index in [9.17, 15) is 9.18 Å². The summed E-state index contributed by atoms with van der Waals surface area (Å²) in [5, 5.41) is 6.65. The number of piperidine rings is 1. The number of hydrogen-bond donors (Lipinski definition) is 0. The number of nitrogens with zero attached hydrogens (tertiary/aromatic N) is 4. The van der Waals surface area contributed by atoms with E-state index in [1.807, 2.05) is 0 Å². The highest BCUT2D eigenvalue weighted by Gasteiger charge is 2.41. The zero-order chi connectivity index (χ0) is 22.2. The Morgan fingerprint density at radius 2 is 1.81 bits per heavy atom. The maximum Gasteiger partial charge on any atom is 0.345 e. The summed E-state index contributed by atoms with van der Waals surface area (Å²) in [7, 11) is 1.66. The van der Waals surface area contributed by atoms with Crippen LogP contribution in [0.25, 0.3) is 10.8 Å². The van der Waals surface area contributed by atoms with Gasteiger partial charge in [0, 0.05) is 25.7 Å². The molecule has 1 aromatic heterocycles. The lowest BCUT2D eigenvalue weighted by Gasteiger charge is -2.39. The van der Waals surface area contributed by atoms with Crippen molar-refractivity contribution in [1.29, 1.82) is 0 Å². The van der Waals surface area contributed by atoms with E-state index in [1.54, 1.807) is 14.0 Å². The summed E-state index contributed by atoms with van der Waals surface area (Å²) >= 11 is 0. The van der Waals surface area contributed by atoms with Crippen LogP contribution in [-0.4, -0.2) is 50.2 Å². The highest BCUT2D eigenvalue weighted by Crippen LogP contribution is 2.37. The molecule has 3 atom stereocenters. The van der Waals surface area contributed by atoms with Crippen LogP contribution in [0.4, 0.5) is 4.39 Å². The zero-order valence-corrected chi connectivity index (χ0v) is 18.8. The van der Waals surface area contributed by atoms with Gasteiger partial charge in [-0.2, -0.15) is 5.10 Å². The minimum Gasteiger partial charge on any atom is -0.373 e. The smallest absolute Gasteiger partial charge is 0.345 e. The molecule has 0 spiro atoms. The van der Waals surface area contributed by atoms with E-state index in [-0.39, 0.29) is 18.3 Å². The number of rotatable bonds is 7. The Hall–Kier alpha value is -2.51. The fraction of sp³-hybridized carbons (Fsp3) is 0.520. The van der Waals surface area contributed by atoms with Crippen molar-refractivity contribution in [3.8, 4) is 0 Å². The van der Waals surface area contributed by atoms with Crippen molar-refractivity contribution in [3.63, 3.8) is 0 Å². The second-order valence-electron chi connectivity index (χ2n) is 9.34. The van der Waals surface area contributed by atoms with Gasteiger partial charge in [-0.25, -0.2) is 13.9 Å². The molecule has 2 aliphatic rings. The van der Waals surface area contributed by atoms with Crippen molar-refractivity contribution in [2.45, 2.75) is 70.1 Å². The van der Waals surface area contributed by atoms with E-state index in [0.717, 1.165) is 25.7 Å². The van der Waals surface area contributed by atoms with Crippen molar-refractivity contribution >= 4 is 10.8 Å². The number of alkyl halides is 1. The normalized spacial score (nSPS) is 24.3. The third-order valence-corrected chi connectivity index (χ3v) is 7.18. The van der Waals surface area contributed by atoms with Gasteiger partial charge >= 0.3 is 5.69 Å². The van der Waals surface area contributed by atoms with Crippen LogP contribution in [-0.2, 0) is 24.9 Å². The molecule has 3 heterocycles. The molecule has 2 saturated heterocycles. The lowest BCUT2D eigenvalue weighted by molar-refractivity contribution is -0.0342. The van der Waals surface area contributed by atoms with Crippen LogP contribution in [0, 0.1) is 6.92 Å². The highest BCUT2D eigenvalue weighted by molar-refractivity contribution is 5.82. The van der Waals surface area contributed by atoms with E-state index < -0.39 is 6.17 Å². The topological polar surface area (TPSA) is 52.3 Å². The third-order valence-electron chi connectivity index (χ3n) is 7.18. The summed E-state index contributed by atoms with van der Waals surface area (Å²) in [5.74, 6) is 0.603. The molecule has 170 valence electrons. The lowest BCUT2D eigenvalue weighted by atomic mass is 9.99. The Labute approximate surface area is 187 Å². The van der Waals surface area contributed by atoms with Gasteiger partial charge in [-0.1, -0.05) is 36.4 Å². The Kier molecular flexibility index (Phi) is 5.86. The molecular formula is C25H31FN4O2. The van der Waals surface area contributed by atoms with E-state index in [2.05, 4.69) is 52.5 Å². The Morgan fingerprint density at radius 1 is 1.09 bits per heavy atom. The molecule has 0 saturated carbocycles. The van der Waals surface area contributed by atoms with Gasteiger partial charge < -0.3 is 4.74 Å². The fourth-order valence-corrected chi connectivity index (χ4v) is 5.39. The molecule has 0 N–H and O–H groups in total. The minimum absolute atomic E-state index is 0.0122. The van der Waals surface area contributed by atoms with Crippen molar-refractivity contribution < 1.29 is 9.13 Å². The van der Waals surface area contributed by atoms with Crippen LogP contribution in [0.1, 0.15) is 37.1 Å². The first-order valence-corrected chi connectivity index (χ1v) is 11.6. The number of benzene rings is 2. The van der Waals surface area contributed by atoms with E-state index in [4.69, 9.17) is 4.74 Å². The number of hydrogen-bond acceptors (Lipinski definition) is 4. The van der Waals surface area contributed by atoms with Gasteiger partial charge in [-0.3, -0.25) is 9.47 Å². The minimum atomic E-state index is -1.11. The average molecular weight is 439 g/mol. The van der Waals surface area contributed by atoms with Gasteiger partial charge in [0.2, 0.25) is 0 Å². The van der Waals surface area contributed by atoms with Crippen LogP contribution in [0.2, 0.25) is 0 Å². The standard InChI is InChI=1S/C25H31FN4O2/c1-17-27-30(25(31)28(17)2)15-21(26)14-29-22-9-10-23(29)13-24(12-22)32-16-18-7-8-19-5-3-4-6-20(19)11-18/h3-8,11,21-24H,9-10,12-16H2,1-2H3/t21-,22?,23?,24?/m1/s1. The van der Waals surface area contributed by atoms with Crippen molar-refractivity contribution in [1.82, 2.24) is 19.2 Å². The summed E-state index contributed by atoms with van der Waals surface area (Å²) in [5.41, 5.74) is 0.937. The van der Waals surface area contributed by atoms with E-state index in [0.29, 0.717) is 31.1 Å². The lowest BCUT2D eigenvalue weighted by Crippen LogP contribution is -2.48. The second kappa shape index (κ2) is 8.79. The predicted molar refractivity (Wildman–Crippen MR) is 122 cm³/mol. The van der Waals surface area contributed by atoms with E-state index in [1.165, 1.54) is 25.6 Å². The molecule has 32 heavy (non-hydrogen) atoms. The number of halogens is 1. The molecule has 0 amide bonds. The van der Waals surface area contributed by atoms with Gasteiger partial charge in [-0.15, -0.1) is 0 Å². The van der Waals surface area contributed by atoms with Crippen molar-refractivity contribution in [2.75, 3.05) is 6.54 Å². The summed E-state index contributed by atoms with van der Waals surface area (Å²) in [6, 6.07) is 15.6. The maximum atomic E-state index is 14.9. The average Bonchev–Trinajstić information content (AvgIpc) is 3.16. The number of aryl methyl sites for hydroxylation is 1. The van der Waals surface area contributed by atoms with Gasteiger partial charge in [0.15, 0.2) is 0 Å². The Balaban J connectivity index is 1.16. The third kappa shape index (κ3) is 4.24.